The number of rotatable bonds is 3. The molecule has 1 heterocycles. The first kappa shape index (κ1) is 12.3. The third kappa shape index (κ3) is 3.19. The van der Waals surface area contributed by atoms with Gasteiger partial charge < -0.3 is 0 Å². The molecule has 0 radical (unpaired) electrons. The molecule has 0 saturated carbocycles. The molecule has 88 valence electrons. The molecular weight excluding hydrogens is 240 g/mol. The molecule has 0 unspecified atom stereocenters. The summed E-state index contributed by atoms with van der Waals surface area (Å²) in [5.74, 6) is 5.41. The molecule has 0 spiro atoms. The van der Waals surface area contributed by atoms with E-state index in [2.05, 4.69) is 18.4 Å². The number of ketones is 1. The van der Waals surface area contributed by atoms with Gasteiger partial charge in [0.2, 0.25) is 5.78 Å². The fourth-order valence-corrected chi connectivity index (χ4v) is 2.10. The summed E-state index contributed by atoms with van der Waals surface area (Å²) >= 11 is 1.41. The van der Waals surface area contributed by atoms with Crippen molar-refractivity contribution in [1.82, 2.24) is 0 Å². The molecule has 0 atom stereocenters. The van der Waals surface area contributed by atoms with Gasteiger partial charge in [0.25, 0.3) is 0 Å². The molecule has 18 heavy (non-hydrogen) atoms. The van der Waals surface area contributed by atoms with Crippen molar-refractivity contribution in [2.24, 2.45) is 0 Å². The molecule has 1 aromatic heterocycles. The van der Waals surface area contributed by atoms with Gasteiger partial charge in [-0.05, 0) is 28.5 Å². The molecule has 2 aromatic rings. The first-order valence-electron chi connectivity index (χ1n) is 5.57. The number of allylic oxidation sites excluding steroid dienone is 1. The van der Waals surface area contributed by atoms with Crippen LogP contribution in [0.3, 0.4) is 0 Å². The summed E-state index contributed by atoms with van der Waals surface area (Å²) in [5, 5.41) is 1.87. The van der Waals surface area contributed by atoms with Crippen LogP contribution in [-0.2, 0) is 0 Å². The average molecular weight is 252 g/mol. The van der Waals surface area contributed by atoms with E-state index in [0.717, 1.165) is 11.1 Å². The smallest absolute Gasteiger partial charge is 0.245 e. The summed E-state index contributed by atoms with van der Waals surface area (Å²) in [7, 11) is 0. The topological polar surface area (TPSA) is 17.1 Å². The van der Waals surface area contributed by atoms with Gasteiger partial charge in [-0.3, -0.25) is 4.79 Å². The summed E-state index contributed by atoms with van der Waals surface area (Å²) in [4.78, 5) is 12.3. The van der Waals surface area contributed by atoms with Gasteiger partial charge in [0.1, 0.15) is 0 Å². The Morgan fingerprint density at radius 2 is 1.94 bits per heavy atom. The van der Waals surface area contributed by atoms with Crippen molar-refractivity contribution < 1.29 is 4.79 Å². The quantitative estimate of drug-likeness (QED) is 0.458. The lowest BCUT2D eigenvalue weighted by molar-refractivity contribution is 0.106. The third-order valence-electron chi connectivity index (χ3n) is 2.43. The zero-order valence-corrected chi connectivity index (χ0v) is 10.7. The molecule has 1 aromatic carbocycles. The standard InChI is InChI=1S/C16H12OS/c1-13(14-8-3-2-4-9-14)7-5-10-15(17)16-11-6-12-18-16/h2-4,6,8-9,11-12H,1,7H2. The number of hydrogen-bond acceptors (Lipinski definition) is 2. The van der Waals surface area contributed by atoms with E-state index in [1.165, 1.54) is 11.3 Å². The second kappa shape index (κ2) is 6.00. The number of Topliss-reactive ketones (excluding diaryl/α,β-unsaturated/α-hetero) is 1. The highest BCUT2D eigenvalue weighted by Gasteiger charge is 2.01. The molecule has 2 heteroatoms. The summed E-state index contributed by atoms with van der Waals surface area (Å²) in [5.41, 5.74) is 2.00. The Balaban J connectivity index is 1.97. The molecule has 0 fully saturated rings. The monoisotopic (exact) mass is 252 g/mol. The second-order valence-corrected chi connectivity index (χ2v) is 4.70. The van der Waals surface area contributed by atoms with Crippen molar-refractivity contribution >= 4 is 22.7 Å². The zero-order chi connectivity index (χ0) is 12.8. The Morgan fingerprint density at radius 3 is 2.61 bits per heavy atom. The maximum atomic E-state index is 11.6. The van der Waals surface area contributed by atoms with E-state index in [-0.39, 0.29) is 5.78 Å². The first-order valence-corrected chi connectivity index (χ1v) is 6.45. The van der Waals surface area contributed by atoms with Gasteiger partial charge in [0, 0.05) is 6.42 Å². The van der Waals surface area contributed by atoms with Crippen LogP contribution < -0.4 is 0 Å². The minimum absolute atomic E-state index is 0.120. The lowest BCUT2D eigenvalue weighted by Gasteiger charge is -1.99. The lowest BCUT2D eigenvalue weighted by Crippen LogP contribution is -1.89. The van der Waals surface area contributed by atoms with E-state index in [1.54, 1.807) is 6.07 Å². The molecule has 0 N–H and O–H groups in total. The van der Waals surface area contributed by atoms with Crippen LogP contribution in [0.4, 0.5) is 0 Å². The predicted molar refractivity (Wildman–Crippen MR) is 76.5 cm³/mol. The number of thiophene rings is 1. The van der Waals surface area contributed by atoms with Crippen LogP contribution >= 0.6 is 11.3 Å². The fourth-order valence-electron chi connectivity index (χ4n) is 1.48. The van der Waals surface area contributed by atoms with Crippen LogP contribution in [0.1, 0.15) is 21.7 Å². The minimum Gasteiger partial charge on any atom is -0.278 e. The van der Waals surface area contributed by atoms with E-state index in [1.807, 2.05) is 41.8 Å². The van der Waals surface area contributed by atoms with Gasteiger partial charge in [-0.2, -0.15) is 0 Å². The highest BCUT2D eigenvalue weighted by Crippen LogP contribution is 2.14. The highest BCUT2D eigenvalue weighted by molar-refractivity contribution is 7.12. The Labute approximate surface area is 111 Å². The van der Waals surface area contributed by atoms with Crippen LogP contribution in [0.5, 0.6) is 0 Å². The van der Waals surface area contributed by atoms with Crippen LogP contribution in [0.2, 0.25) is 0 Å². The molecular formula is C16H12OS. The van der Waals surface area contributed by atoms with Crippen LogP contribution in [0, 0.1) is 11.8 Å². The van der Waals surface area contributed by atoms with Crippen molar-refractivity contribution in [3.05, 3.63) is 64.9 Å². The molecule has 0 aliphatic rings. The maximum absolute atomic E-state index is 11.6. The zero-order valence-electron chi connectivity index (χ0n) is 9.85. The average Bonchev–Trinajstić information content (AvgIpc) is 2.93. The Bertz CT molecular complexity index is 598. The molecule has 0 aliphatic carbocycles. The molecule has 0 amide bonds. The molecule has 0 saturated heterocycles. The Hall–Kier alpha value is -2.11. The molecule has 2 rings (SSSR count). The van der Waals surface area contributed by atoms with Gasteiger partial charge in [-0.25, -0.2) is 0 Å². The Morgan fingerprint density at radius 1 is 1.17 bits per heavy atom. The first-order chi connectivity index (χ1) is 8.77. The van der Waals surface area contributed by atoms with Crippen LogP contribution in [-0.4, -0.2) is 5.78 Å². The van der Waals surface area contributed by atoms with E-state index >= 15 is 0 Å². The van der Waals surface area contributed by atoms with Crippen molar-refractivity contribution in [2.45, 2.75) is 6.42 Å². The van der Waals surface area contributed by atoms with Gasteiger partial charge in [-0.15, -0.1) is 11.3 Å². The van der Waals surface area contributed by atoms with Gasteiger partial charge in [-0.1, -0.05) is 48.9 Å². The summed E-state index contributed by atoms with van der Waals surface area (Å²) in [6.07, 6.45) is 0.515. The van der Waals surface area contributed by atoms with Crippen molar-refractivity contribution in [1.29, 1.82) is 0 Å². The van der Waals surface area contributed by atoms with Crippen molar-refractivity contribution in [3.8, 4) is 11.8 Å². The second-order valence-electron chi connectivity index (χ2n) is 3.75. The Kier molecular flexibility index (Phi) is 4.11. The largest absolute Gasteiger partial charge is 0.278 e. The minimum atomic E-state index is -0.120. The van der Waals surface area contributed by atoms with Gasteiger partial charge in [0.05, 0.1) is 4.88 Å². The van der Waals surface area contributed by atoms with E-state index in [0.29, 0.717) is 11.3 Å². The molecule has 1 nitrogen and oxygen atoms in total. The van der Waals surface area contributed by atoms with Crippen LogP contribution in [0.25, 0.3) is 5.57 Å². The fraction of sp³-hybridized carbons (Fsp3) is 0.0625. The van der Waals surface area contributed by atoms with Crippen molar-refractivity contribution in [3.63, 3.8) is 0 Å². The summed E-state index contributed by atoms with van der Waals surface area (Å²) in [6, 6.07) is 13.5. The van der Waals surface area contributed by atoms with Crippen LogP contribution in [0.15, 0.2) is 54.4 Å². The lowest BCUT2D eigenvalue weighted by atomic mass is 10.1. The van der Waals surface area contributed by atoms with E-state index in [9.17, 15) is 4.79 Å². The number of carbonyl (C=O) groups excluding carboxylic acids is 1. The van der Waals surface area contributed by atoms with Crippen molar-refractivity contribution in [2.75, 3.05) is 0 Å². The summed E-state index contributed by atoms with van der Waals surface area (Å²) < 4.78 is 0. The molecule has 0 aliphatic heterocycles. The third-order valence-corrected chi connectivity index (χ3v) is 3.30. The predicted octanol–water partition coefficient (Wildman–Crippen LogP) is 4.04. The maximum Gasteiger partial charge on any atom is 0.245 e. The molecule has 0 bridgehead atoms. The number of carbonyl (C=O) groups is 1. The highest BCUT2D eigenvalue weighted by atomic mass is 32.1. The number of benzene rings is 1. The SMILES string of the molecule is C=C(CC#CC(=O)c1cccs1)c1ccccc1. The van der Waals surface area contributed by atoms with E-state index in [4.69, 9.17) is 0 Å². The number of hydrogen-bond donors (Lipinski definition) is 0. The van der Waals surface area contributed by atoms with Gasteiger partial charge in [0.15, 0.2) is 0 Å². The van der Waals surface area contributed by atoms with E-state index < -0.39 is 0 Å². The normalized spacial score (nSPS) is 9.33. The summed E-state index contributed by atoms with van der Waals surface area (Å²) in [6.45, 7) is 3.97. The van der Waals surface area contributed by atoms with Gasteiger partial charge >= 0.3 is 0 Å².